The molecule has 0 saturated carbocycles. The van der Waals surface area contributed by atoms with E-state index in [9.17, 15) is 5.11 Å². The fourth-order valence-electron chi connectivity index (χ4n) is 9.64. The maximum atomic E-state index is 12.5. The first kappa shape index (κ1) is 58.3. The van der Waals surface area contributed by atoms with Crippen molar-refractivity contribution in [1.29, 1.82) is 0 Å². The van der Waals surface area contributed by atoms with Crippen LogP contribution in [0.5, 0.6) is 5.75 Å². The van der Waals surface area contributed by atoms with E-state index in [-0.39, 0.29) is 37.7 Å². The van der Waals surface area contributed by atoms with Crippen LogP contribution in [0.25, 0.3) is 0 Å². The van der Waals surface area contributed by atoms with Crippen molar-refractivity contribution in [3.05, 3.63) is 27.8 Å². The number of unbranched alkanes of at least 4 members (excludes halogenated alkanes) is 35. The Bertz CT molecular complexity index is 918. The summed E-state index contributed by atoms with van der Waals surface area (Å²) in [5.74, 6) is 0.768. The molecule has 0 saturated heterocycles. The summed E-state index contributed by atoms with van der Waals surface area (Å²) in [5, 5.41) is 12.5. The number of hydrogen-bond acceptors (Lipinski definition) is 1. The van der Waals surface area contributed by atoms with E-state index in [1.165, 1.54) is 287 Å². The Morgan fingerprint density at radius 1 is 0.207 bits per heavy atom. The van der Waals surface area contributed by atoms with E-state index in [0.717, 1.165) is 18.6 Å². The van der Waals surface area contributed by atoms with E-state index >= 15 is 0 Å². The first-order valence-electron chi connectivity index (χ1n) is 27.0. The predicted octanol–water partition coefficient (Wildman–Crippen LogP) is 18.9. The third-order valence-corrected chi connectivity index (χ3v) is 13.4. The summed E-state index contributed by atoms with van der Waals surface area (Å²) in [5.41, 5.74) is 7.84. The first-order chi connectivity index (χ1) is 28.2. The molecule has 1 aromatic rings. The maximum absolute atomic E-state index is 12.5. The van der Waals surface area contributed by atoms with Crippen molar-refractivity contribution >= 4 is 37.7 Å². The van der Waals surface area contributed by atoms with Crippen LogP contribution in [0.4, 0.5) is 0 Å². The third-order valence-electron chi connectivity index (χ3n) is 13.4. The molecule has 0 aromatic heterocycles. The van der Waals surface area contributed by atoms with Crippen molar-refractivity contribution in [2.45, 2.75) is 324 Å². The molecule has 0 bridgehead atoms. The minimum atomic E-state index is 0. The zero-order chi connectivity index (χ0) is 41.3. The summed E-state index contributed by atoms with van der Waals surface area (Å²) in [6.45, 7) is 11.6. The van der Waals surface area contributed by atoms with Crippen LogP contribution in [-0.4, -0.2) is 42.8 Å². The second kappa shape index (κ2) is 45.3. The summed E-state index contributed by atoms with van der Waals surface area (Å²) in [6.07, 6.45) is 60.7. The van der Waals surface area contributed by atoms with Gasteiger partial charge in [-0.15, -0.1) is 0 Å². The standard InChI is InChI=1S/C56H106O.Ca.2H/c1-6-11-16-21-26-31-36-41-46-51-52(47-42-37-32-27-22-17-12-7-2)54(49-44-39-34-29-24-19-14-9-4)56(57)55(50-45-40-35-30-25-20-15-10-5)53(51)48-43-38-33-28-23-18-13-8-3;;;/h57H,6-50H2,1-5H3;;;. The van der Waals surface area contributed by atoms with Gasteiger partial charge in [0.1, 0.15) is 5.75 Å². The molecule has 1 N–H and O–H groups in total. The zero-order valence-electron chi connectivity index (χ0n) is 40.3. The van der Waals surface area contributed by atoms with Gasteiger partial charge < -0.3 is 5.11 Å². The molecule has 0 fully saturated rings. The average molecular weight is 838 g/mol. The number of rotatable bonds is 45. The molecule has 340 valence electrons. The van der Waals surface area contributed by atoms with Gasteiger partial charge in [-0.25, -0.2) is 0 Å². The summed E-state index contributed by atoms with van der Waals surface area (Å²) >= 11 is 0. The summed E-state index contributed by atoms with van der Waals surface area (Å²) in [7, 11) is 0. The molecule has 0 unspecified atom stereocenters. The van der Waals surface area contributed by atoms with Gasteiger partial charge in [0.25, 0.3) is 0 Å². The number of benzene rings is 1. The van der Waals surface area contributed by atoms with E-state index in [1.807, 2.05) is 0 Å². The molecule has 1 nitrogen and oxygen atoms in total. The van der Waals surface area contributed by atoms with Gasteiger partial charge in [0.15, 0.2) is 0 Å². The first-order valence-corrected chi connectivity index (χ1v) is 27.0. The van der Waals surface area contributed by atoms with E-state index < -0.39 is 0 Å². The topological polar surface area (TPSA) is 20.2 Å². The molecule has 0 spiro atoms. The number of phenols is 1. The van der Waals surface area contributed by atoms with E-state index in [4.69, 9.17) is 0 Å². The van der Waals surface area contributed by atoms with Crippen LogP contribution in [0.1, 0.15) is 319 Å². The second-order valence-corrected chi connectivity index (χ2v) is 18.9. The Kier molecular flexibility index (Phi) is 45.5. The molecule has 0 heterocycles. The Balaban J connectivity index is 0.0000325. The predicted molar refractivity (Wildman–Crippen MR) is 268 cm³/mol. The van der Waals surface area contributed by atoms with E-state index in [1.54, 1.807) is 16.7 Å². The van der Waals surface area contributed by atoms with Gasteiger partial charge in [-0.2, -0.15) is 0 Å². The molecule has 0 atom stereocenters. The van der Waals surface area contributed by atoms with Crippen molar-refractivity contribution in [1.82, 2.24) is 0 Å². The van der Waals surface area contributed by atoms with Crippen molar-refractivity contribution in [3.63, 3.8) is 0 Å². The van der Waals surface area contributed by atoms with Gasteiger partial charge in [0.2, 0.25) is 0 Å². The van der Waals surface area contributed by atoms with Crippen LogP contribution in [0, 0.1) is 0 Å². The third kappa shape index (κ3) is 31.2. The van der Waals surface area contributed by atoms with Crippen LogP contribution in [-0.2, 0) is 32.1 Å². The van der Waals surface area contributed by atoms with Gasteiger partial charge in [0, 0.05) is 0 Å². The van der Waals surface area contributed by atoms with Crippen LogP contribution in [0.2, 0.25) is 0 Å². The summed E-state index contributed by atoms with van der Waals surface area (Å²) < 4.78 is 0. The van der Waals surface area contributed by atoms with E-state index in [0.29, 0.717) is 0 Å². The molecule has 2 heteroatoms. The molecule has 58 heavy (non-hydrogen) atoms. The molecule has 1 rings (SSSR count). The van der Waals surface area contributed by atoms with Crippen molar-refractivity contribution in [2.24, 2.45) is 0 Å². The van der Waals surface area contributed by atoms with Gasteiger partial charge in [-0.3, -0.25) is 0 Å². The zero-order valence-corrected chi connectivity index (χ0v) is 40.3. The van der Waals surface area contributed by atoms with Crippen LogP contribution < -0.4 is 0 Å². The molecule has 0 amide bonds. The molecular formula is C56H108CaO. The quantitative estimate of drug-likeness (QED) is 0.0513. The fourth-order valence-corrected chi connectivity index (χ4v) is 9.64. The SMILES string of the molecule is CCCCCCCCCCc1c(O)c(CCCCCCCCCC)c(CCCCCCCCCC)c(CCCCCCCCCC)c1CCCCCCCCCC.[CaH2]. The Morgan fingerprint density at radius 2 is 0.345 bits per heavy atom. The molecule has 0 radical (unpaired) electrons. The molecule has 0 aliphatic carbocycles. The van der Waals surface area contributed by atoms with E-state index in [2.05, 4.69) is 34.6 Å². The summed E-state index contributed by atoms with van der Waals surface area (Å²) in [6, 6.07) is 0. The van der Waals surface area contributed by atoms with Gasteiger partial charge >= 0.3 is 37.7 Å². The van der Waals surface area contributed by atoms with Crippen molar-refractivity contribution in [3.8, 4) is 5.75 Å². The van der Waals surface area contributed by atoms with Crippen molar-refractivity contribution in [2.75, 3.05) is 0 Å². The summed E-state index contributed by atoms with van der Waals surface area (Å²) in [4.78, 5) is 0. The molecular weight excluding hydrogens is 729 g/mol. The molecule has 0 aliphatic heterocycles. The van der Waals surface area contributed by atoms with Crippen molar-refractivity contribution < 1.29 is 5.11 Å². The van der Waals surface area contributed by atoms with Crippen LogP contribution in [0.15, 0.2) is 0 Å². The van der Waals surface area contributed by atoms with Gasteiger partial charge in [-0.05, 0) is 92.0 Å². The fraction of sp³-hybridized carbons (Fsp3) is 0.893. The number of hydrogen-bond donors (Lipinski definition) is 1. The number of aromatic hydroxyl groups is 1. The Hall–Kier alpha value is 0.280. The van der Waals surface area contributed by atoms with Crippen LogP contribution >= 0.6 is 0 Å². The molecule has 1 aromatic carbocycles. The van der Waals surface area contributed by atoms with Gasteiger partial charge in [0.05, 0.1) is 0 Å². The Morgan fingerprint density at radius 3 is 0.534 bits per heavy atom. The minimum absolute atomic E-state index is 0. The molecule has 0 aliphatic rings. The second-order valence-electron chi connectivity index (χ2n) is 18.9. The monoisotopic (exact) mass is 837 g/mol. The van der Waals surface area contributed by atoms with Crippen LogP contribution in [0.3, 0.4) is 0 Å². The Labute approximate surface area is 397 Å². The average Bonchev–Trinajstić information content (AvgIpc) is 3.22. The normalized spacial score (nSPS) is 11.5. The van der Waals surface area contributed by atoms with Gasteiger partial charge in [-0.1, -0.05) is 259 Å². The number of phenolic OH excluding ortho intramolecular Hbond substituents is 1.